The molecule has 1 saturated heterocycles. The van der Waals surface area contributed by atoms with Gasteiger partial charge >= 0.3 is 5.97 Å². The van der Waals surface area contributed by atoms with Crippen LogP contribution in [0.4, 0.5) is 0 Å². The molecule has 0 saturated carbocycles. The van der Waals surface area contributed by atoms with Gasteiger partial charge in [-0.15, -0.1) is 0 Å². The molecule has 1 unspecified atom stereocenters. The summed E-state index contributed by atoms with van der Waals surface area (Å²) in [5.41, 5.74) is 0. The molecule has 0 aromatic carbocycles. The van der Waals surface area contributed by atoms with Gasteiger partial charge < -0.3 is 19.5 Å². The number of hydrogen-bond acceptors (Lipinski definition) is 5. The van der Waals surface area contributed by atoms with Crippen LogP contribution < -0.4 is 5.32 Å². The zero-order valence-electron chi connectivity index (χ0n) is 10.6. The Labute approximate surface area is 103 Å². The lowest BCUT2D eigenvalue weighted by Gasteiger charge is -2.21. The Morgan fingerprint density at radius 2 is 2.12 bits per heavy atom. The highest BCUT2D eigenvalue weighted by atomic mass is 16.5. The third-order valence-corrected chi connectivity index (χ3v) is 2.70. The molecular formula is C12H23NO4. The van der Waals surface area contributed by atoms with E-state index in [2.05, 4.69) is 5.32 Å². The SMILES string of the molecule is COCCOCCCOC(=O)C1CCCCN1. The first kappa shape index (κ1) is 14.4. The molecule has 1 aliphatic rings. The van der Waals surface area contributed by atoms with Crippen molar-refractivity contribution >= 4 is 5.97 Å². The van der Waals surface area contributed by atoms with E-state index in [9.17, 15) is 4.79 Å². The zero-order valence-corrected chi connectivity index (χ0v) is 10.6. The molecule has 1 heterocycles. The molecule has 5 heteroatoms. The van der Waals surface area contributed by atoms with Crippen LogP contribution in [-0.4, -0.2) is 52.1 Å². The van der Waals surface area contributed by atoms with Gasteiger partial charge in [-0.3, -0.25) is 4.79 Å². The Balaban J connectivity index is 1.92. The van der Waals surface area contributed by atoms with Gasteiger partial charge in [0.1, 0.15) is 6.04 Å². The van der Waals surface area contributed by atoms with Gasteiger partial charge in [0.15, 0.2) is 0 Å². The second-order valence-corrected chi connectivity index (χ2v) is 4.13. The number of hydrogen-bond donors (Lipinski definition) is 1. The summed E-state index contributed by atoms with van der Waals surface area (Å²) in [6, 6.07) is -0.0989. The quantitative estimate of drug-likeness (QED) is 0.504. The molecular weight excluding hydrogens is 222 g/mol. The Bertz CT molecular complexity index is 205. The number of rotatable bonds is 8. The molecule has 0 amide bonds. The maximum Gasteiger partial charge on any atom is 0.323 e. The van der Waals surface area contributed by atoms with Crippen molar-refractivity contribution in [2.75, 3.05) is 40.1 Å². The fraction of sp³-hybridized carbons (Fsp3) is 0.917. The van der Waals surface area contributed by atoms with Gasteiger partial charge in [-0.1, -0.05) is 6.42 Å². The summed E-state index contributed by atoms with van der Waals surface area (Å²) in [7, 11) is 1.64. The smallest absolute Gasteiger partial charge is 0.323 e. The number of carbonyl (C=O) groups excluding carboxylic acids is 1. The molecule has 0 spiro atoms. The van der Waals surface area contributed by atoms with Gasteiger partial charge in [0.05, 0.1) is 19.8 Å². The standard InChI is InChI=1S/C12H23NO4/c1-15-9-10-16-7-4-8-17-12(14)11-5-2-3-6-13-11/h11,13H,2-10H2,1H3. The first-order valence-electron chi connectivity index (χ1n) is 6.31. The Morgan fingerprint density at radius 1 is 1.24 bits per heavy atom. The molecule has 5 nitrogen and oxygen atoms in total. The van der Waals surface area contributed by atoms with E-state index in [1.165, 1.54) is 0 Å². The average molecular weight is 245 g/mol. The molecule has 1 atom stereocenters. The molecule has 1 aliphatic heterocycles. The topological polar surface area (TPSA) is 56.8 Å². The van der Waals surface area contributed by atoms with Crippen molar-refractivity contribution in [3.05, 3.63) is 0 Å². The predicted octanol–water partition coefficient (Wildman–Crippen LogP) is 0.725. The number of carbonyl (C=O) groups is 1. The van der Waals surface area contributed by atoms with E-state index in [0.717, 1.165) is 32.2 Å². The fourth-order valence-corrected chi connectivity index (χ4v) is 1.73. The fourth-order valence-electron chi connectivity index (χ4n) is 1.73. The molecule has 0 radical (unpaired) electrons. The third-order valence-electron chi connectivity index (χ3n) is 2.70. The number of ether oxygens (including phenoxy) is 3. The molecule has 17 heavy (non-hydrogen) atoms. The van der Waals surface area contributed by atoms with Crippen molar-refractivity contribution in [2.24, 2.45) is 0 Å². The number of esters is 1. The first-order chi connectivity index (χ1) is 8.34. The van der Waals surface area contributed by atoms with E-state index >= 15 is 0 Å². The lowest BCUT2D eigenvalue weighted by Crippen LogP contribution is -2.41. The van der Waals surface area contributed by atoms with E-state index in [-0.39, 0.29) is 12.0 Å². The van der Waals surface area contributed by atoms with Crippen LogP contribution in [-0.2, 0) is 19.0 Å². The first-order valence-corrected chi connectivity index (χ1v) is 6.31. The average Bonchev–Trinajstić information content (AvgIpc) is 2.38. The van der Waals surface area contributed by atoms with Crippen LogP contribution in [0, 0.1) is 0 Å². The van der Waals surface area contributed by atoms with Crippen LogP contribution in [0.15, 0.2) is 0 Å². The van der Waals surface area contributed by atoms with E-state index in [4.69, 9.17) is 14.2 Å². The van der Waals surface area contributed by atoms with Crippen molar-refractivity contribution < 1.29 is 19.0 Å². The second-order valence-electron chi connectivity index (χ2n) is 4.13. The normalized spacial score (nSPS) is 20.2. The maximum absolute atomic E-state index is 11.6. The summed E-state index contributed by atoms with van der Waals surface area (Å²) in [6.07, 6.45) is 3.88. The van der Waals surface area contributed by atoms with Gasteiger partial charge in [-0.2, -0.15) is 0 Å². The van der Waals surface area contributed by atoms with Crippen molar-refractivity contribution in [1.82, 2.24) is 5.32 Å². The third kappa shape index (κ3) is 6.61. The predicted molar refractivity (Wildman–Crippen MR) is 63.9 cm³/mol. The van der Waals surface area contributed by atoms with Gasteiger partial charge in [0.25, 0.3) is 0 Å². The molecule has 1 fully saturated rings. The highest BCUT2D eigenvalue weighted by molar-refractivity contribution is 5.75. The van der Waals surface area contributed by atoms with E-state index < -0.39 is 0 Å². The molecule has 0 aromatic heterocycles. The summed E-state index contributed by atoms with van der Waals surface area (Å²) in [4.78, 5) is 11.6. The molecule has 1 N–H and O–H groups in total. The summed E-state index contributed by atoms with van der Waals surface area (Å²) in [6.45, 7) is 3.15. The second kappa shape index (κ2) is 9.39. The Kier molecular flexibility index (Phi) is 7.96. The summed E-state index contributed by atoms with van der Waals surface area (Å²) < 4.78 is 15.3. The van der Waals surface area contributed by atoms with Crippen LogP contribution in [0.2, 0.25) is 0 Å². The van der Waals surface area contributed by atoms with Crippen LogP contribution in [0.3, 0.4) is 0 Å². The summed E-state index contributed by atoms with van der Waals surface area (Å²) in [5, 5.41) is 3.17. The highest BCUT2D eigenvalue weighted by Gasteiger charge is 2.21. The number of nitrogens with one attached hydrogen (secondary N) is 1. The lowest BCUT2D eigenvalue weighted by atomic mass is 10.1. The summed E-state index contributed by atoms with van der Waals surface area (Å²) in [5.74, 6) is -0.124. The number of methoxy groups -OCH3 is 1. The van der Waals surface area contributed by atoms with Gasteiger partial charge in [0.2, 0.25) is 0 Å². The largest absolute Gasteiger partial charge is 0.464 e. The minimum Gasteiger partial charge on any atom is -0.464 e. The summed E-state index contributed by atoms with van der Waals surface area (Å²) >= 11 is 0. The molecule has 100 valence electrons. The Morgan fingerprint density at radius 3 is 2.82 bits per heavy atom. The minimum atomic E-state index is -0.124. The number of piperidine rings is 1. The van der Waals surface area contributed by atoms with Crippen molar-refractivity contribution in [2.45, 2.75) is 31.7 Å². The van der Waals surface area contributed by atoms with Crippen molar-refractivity contribution in [3.8, 4) is 0 Å². The highest BCUT2D eigenvalue weighted by Crippen LogP contribution is 2.08. The van der Waals surface area contributed by atoms with E-state index in [0.29, 0.717) is 26.4 Å². The van der Waals surface area contributed by atoms with Crippen LogP contribution >= 0.6 is 0 Å². The van der Waals surface area contributed by atoms with Gasteiger partial charge in [0, 0.05) is 20.1 Å². The molecule has 0 aromatic rings. The van der Waals surface area contributed by atoms with Crippen LogP contribution in [0.5, 0.6) is 0 Å². The molecule has 0 bridgehead atoms. The Hall–Kier alpha value is -0.650. The maximum atomic E-state index is 11.6. The zero-order chi connectivity index (χ0) is 12.3. The van der Waals surface area contributed by atoms with Crippen LogP contribution in [0.1, 0.15) is 25.7 Å². The van der Waals surface area contributed by atoms with Gasteiger partial charge in [-0.05, 0) is 19.4 Å². The van der Waals surface area contributed by atoms with Crippen molar-refractivity contribution in [3.63, 3.8) is 0 Å². The van der Waals surface area contributed by atoms with Crippen molar-refractivity contribution in [1.29, 1.82) is 0 Å². The van der Waals surface area contributed by atoms with Gasteiger partial charge in [-0.25, -0.2) is 0 Å². The lowest BCUT2D eigenvalue weighted by molar-refractivity contribution is -0.147. The molecule has 1 rings (SSSR count). The molecule has 0 aliphatic carbocycles. The monoisotopic (exact) mass is 245 g/mol. The van der Waals surface area contributed by atoms with E-state index in [1.54, 1.807) is 7.11 Å². The van der Waals surface area contributed by atoms with Crippen LogP contribution in [0.25, 0.3) is 0 Å². The minimum absolute atomic E-state index is 0.0989. The van der Waals surface area contributed by atoms with E-state index in [1.807, 2.05) is 0 Å².